The van der Waals surface area contributed by atoms with Crippen LogP contribution in [0.25, 0.3) is 0 Å². The lowest BCUT2D eigenvalue weighted by molar-refractivity contribution is -0.142. The highest BCUT2D eigenvalue weighted by molar-refractivity contribution is 6.35. The summed E-state index contributed by atoms with van der Waals surface area (Å²) in [5.41, 5.74) is -0.479. The second-order valence-corrected chi connectivity index (χ2v) is 11.2. The first-order valence-electron chi connectivity index (χ1n) is 12.9. The minimum Gasteiger partial charge on any atom is -0.495 e. The van der Waals surface area contributed by atoms with Crippen LogP contribution in [0, 0.1) is 5.92 Å². The van der Waals surface area contributed by atoms with Gasteiger partial charge in [-0.2, -0.15) is 0 Å². The number of aliphatic hydroxyl groups is 2. The number of epoxide rings is 1. The zero-order valence-corrected chi connectivity index (χ0v) is 23.8. The maximum absolute atomic E-state index is 13.3. The van der Waals surface area contributed by atoms with E-state index in [2.05, 4.69) is 5.32 Å². The zero-order valence-electron chi connectivity index (χ0n) is 23.1. The third kappa shape index (κ3) is 5.81. The fraction of sp³-hybridized carbons (Fsp3) is 0.571. The number of rotatable bonds is 2. The van der Waals surface area contributed by atoms with Crippen LogP contribution >= 0.6 is 11.6 Å². The normalized spacial score (nSPS) is 37.6. The van der Waals surface area contributed by atoms with Crippen LogP contribution in [-0.4, -0.2) is 79.2 Å². The summed E-state index contributed by atoms with van der Waals surface area (Å²) in [6.07, 6.45) is 1.63. The lowest BCUT2D eigenvalue weighted by Crippen LogP contribution is -2.63. The maximum atomic E-state index is 13.3. The van der Waals surface area contributed by atoms with E-state index in [-0.39, 0.29) is 23.8 Å². The molecule has 0 saturated carbocycles. The molecule has 11 heteroatoms. The molecule has 3 aliphatic rings. The molecular weight excluding hydrogens is 528 g/mol. The zero-order chi connectivity index (χ0) is 28.7. The first-order valence-corrected chi connectivity index (χ1v) is 13.3. The van der Waals surface area contributed by atoms with E-state index in [0.717, 1.165) is 11.1 Å². The van der Waals surface area contributed by atoms with Gasteiger partial charge in [-0.05, 0) is 38.0 Å². The van der Waals surface area contributed by atoms with Crippen molar-refractivity contribution in [3.63, 3.8) is 0 Å². The Balaban J connectivity index is 1.74. The number of nitrogens with zero attached hydrogens (tertiary/aromatic N) is 1. The summed E-state index contributed by atoms with van der Waals surface area (Å²) in [5, 5.41) is 25.3. The summed E-state index contributed by atoms with van der Waals surface area (Å²) in [4.78, 5) is 27.1. The van der Waals surface area contributed by atoms with Crippen LogP contribution in [0.15, 0.2) is 35.9 Å². The van der Waals surface area contributed by atoms with Gasteiger partial charge in [0.25, 0.3) is 0 Å². The Labute approximate surface area is 233 Å². The summed E-state index contributed by atoms with van der Waals surface area (Å²) in [6, 6.07) is 3.63. The van der Waals surface area contributed by atoms with Gasteiger partial charge in [0.1, 0.15) is 28.6 Å². The second kappa shape index (κ2) is 11.1. The van der Waals surface area contributed by atoms with Crippen LogP contribution in [0.5, 0.6) is 5.75 Å². The lowest BCUT2D eigenvalue weighted by atomic mass is 9.84. The molecule has 1 unspecified atom stereocenters. The van der Waals surface area contributed by atoms with E-state index in [1.54, 1.807) is 26.1 Å². The van der Waals surface area contributed by atoms with Gasteiger partial charge >= 0.3 is 6.09 Å². The monoisotopic (exact) mass is 564 g/mol. The molecule has 39 heavy (non-hydrogen) atoms. The number of amides is 2. The molecule has 2 amide bonds. The number of fused-ring (bicyclic) bond motifs is 5. The molecule has 0 spiro atoms. The van der Waals surface area contributed by atoms with E-state index in [4.69, 9.17) is 30.5 Å². The Morgan fingerprint density at radius 3 is 2.64 bits per heavy atom. The Hall–Kier alpha value is -2.63. The van der Waals surface area contributed by atoms with Gasteiger partial charge in [-0.25, -0.2) is 4.79 Å². The number of anilines is 1. The highest BCUT2D eigenvalue weighted by Crippen LogP contribution is 2.48. The Kier molecular flexibility index (Phi) is 8.35. The molecule has 3 heterocycles. The number of methoxy groups -OCH3 is 2. The van der Waals surface area contributed by atoms with E-state index in [1.807, 2.05) is 32.1 Å². The van der Waals surface area contributed by atoms with E-state index >= 15 is 0 Å². The summed E-state index contributed by atoms with van der Waals surface area (Å²) < 4.78 is 22.4. The van der Waals surface area contributed by atoms with Crippen molar-refractivity contribution in [3.05, 3.63) is 46.5 Å². The number of hydrogen-bond donors (Lipinski definition) is 3. The number of alkyl carbamates (subject to hydrolysis) is 1. The molecule has 0 aliphatic carbocycles. The van der Waals surface area contributed by atoms with Crippen LogP contribution in [0.2, 0.25) is 5.02 Å². The van der Waals surface area contributed by atoms with Gasteiger partial charge < -0.3 is 34.1 Å². The van der Waals surface area contributed by atoms with Crippen molar-refractivity contribution in [3.8, 4) is 5.75 Å². The number of ether oxygens (including phenoxy) is 4. The first kappa shape index (κ1) is 29.4. The topological polar surface area (TPSA) is 130 Å². The van der Waals surface area contributed by atoms with Gasteiger partial charge in [0.05, 0.1) is 31.4 Å². The number of nitrogens with one attached hydrogen (secondary N) is 1. The van der Waals surface area contributed by atoms with E-state index in [1.165, 1.54) is 19.1 Å². The van der Waals surface area contributed by atoms with Gasteiger partial charge in [-0.1, -0.05) is 42.3 Å². The summed E-state index contributed by atoms with van der Waals surface area (Å²) in [7, 11) is 4.56. The molecule has 214 valence electrons. The molecule has 1 aromatic carbocycles. The number of carbonyl (C=O) groups excluding carboxylic acids is 2. The number of hydrogen-bond acceptors (Lipinski definition) is 8. The molecule has 0 radical (unpaired) electrons. The number of halogens is 1. The standard InChI is InChI=1S/C28H37ClN2O8/c1-15-8-7-9-22(37-6)28(35)14-20(38-26(34)30-28)16(2)25-27(3,39-25)21(32)13-23(33)31(4)18-11-17(10-15)12-19(36-5)24(18)29/h7-9,11-12,16,20-22,25,32,35H,10,13-14H2,1-6H3,(H,30,34)/b9-7+,15-8+/t16-,20+,21-,22-,25?,27+,28+/m1/s1. The number of allylic oxidation sites excluding steroid dienone is 3. The quantitative estimate of drug-likeness (QED) is 0.467. The molecular formula is C28H37ClN2O8. The number of benzene rings is 1. The van der Waals surface area contributed by atoms with Gasteiger partial charge in [0, 0.05) is 26.5 Å². The fourth-order valence-electron chi connectivity index (χ4n) is 5.46. The highest BCUT2D eigenvalue weighted by Gasteiger charge is 2.62. The molecule has 2 fully saturated rings. The predicted molar refractivity (Wildman–Crippen MR) is 145 cm³/mol. The average molecular weight is 565 g/mol. The molecule has 10 nitrogen and oxygen atoms in total. The van der Waals surface area contributed by atoms with Crippen LogP contribution in [0.1, 0.15) is 39.2 Å². The Morgan fingerprint density at radius 1 is 1.26 bits per heavy atom. The number of carbonyl (C=O) groups is 2. The van der Waals surface area contributed by atoms with Crippen molar-refractivity contribution in [2.45, 2.75) is 75.8 Å². The smallest absolute Gasteiger partial charge is 0.409 e. The van der Waals surface area contributed by atoms with Crippen LogP contribution in [-0.2, 0) is 25.4 Å². The lowest BCUT2D eigenvalue weighted by Gasteiger charge is -2.42. The van der Waals surface area contributed by atoms with E-state index < -0.39 is 47.8 Å². The first-order chi connectivity index (χ1) is 18.3. The average Bonchev–Trinajstić information content (AvgIpc) is 3.58. The molecule has 4 rings (SSSR count). The number of aliphatic hydroxyl groups excluding tert-OH is 1. The summed E-state index contributed by atoms with van der Waals surface area (Å²) >= 11 is 6.58. The third-order valence-corrected chi connectivity index (χ3v) is 8.36. The predicted octanol–water partition coefficient (Wildman–Crippen LogP) is 3.12. The molecule has 4 bridgehead atoms. The second-order valence-electron chi connectivity index (χ2n) is 10.8. The molecule has 1 aromatic rings. The highest BCUT2D eigenvalue weighted by atomic mass is 35.5. The van der Waals surface area contributed by atoms with Crippen LogP contribution in [0.3, 0.4) is 0 Å². The van der Waals surface area contributed by atoms with Gasteiger partial charge in [0.15, 0.2) is 5.72 Å². The van der Waals surface area contributed by atoms with Crippen LogP contribution < -0.4 is 15.0 Å². The van der Waals surface area contributed by atoms with Crippen molar-refractivity contribution in [1.82, 2.24) is 5.32 Å². The van der Waals surface area contributed by atoms with Crippen molar-refractivity contribution in [1.29, 1.82) is 0 Å². The maximum Gasteiger partial charge on any atom is 0.409 e. The minimum atomic E-state index is -1.73. The third-order valence-electron chi connectivity index (χ3n) is 7.98. The van der Waals surface area contributed by atoms with Crippen molar-refractivity contribution in [2.24, 2.45) is 5.92 Å². The van der Waals surface area contributed by atoms with Crippen molar-refractivity contribution >= 4 is 29.3 Å². The van der Waals surface area contributed by atoms with Crippen LogP contribution in [0.4, 0.5) is 10.5 Å². The van der Waals surface area contributed by atoms with E-state index in [0.29, 0.717) is 17.9 Å². The van der Waals surface area contributed by atoms with Gasteiger partial charge in [-0.15, -0.1) is 0 Å². The minimum absolute atomic E-state index is 0.0310. The fourth-order valence-corrected chi connectivity index (χ4v) is 5.78. The Bertz CT molecular complexity index is 1190. The summed E-state index contributed by atoms with van der Waals surface area (Å²) in [6.45, 7) is 5.48. The van der Waals surface area contributed by atoms with Gasteiger partial charge in [0.2, 0.25) is 5.91 Å². The van der Waals surface area contributed by atoms with Crippen molar-refractivity contribution in [2.75, 3.05) is 26.2 Å². The van der Waals surface area contributed by atoms with E-state index in [9.17, 15) is 19.8 Å². The molecule has 2 saturated heterocycles. The molecule has 3 aliphatic heterocycles. The summed E-state index contributed by atoms with van der Waals surface area (Å²) in [5.74, 6) is -0.323. The molecule has 7 atom stereocenters. The molecule has 3 N–H and O–H groups in total. The van der Waals surface area contributed by atoms with Crippen molar-refractivity contribution < 1.29 is 38.7 Å². The molecule has 0 aromatic heterocycles. The largest absolute Gasteiger partial charge is 0.495 e. The van der Waals surface area contributed by atoms with Gasteiger partial charge in [-0.3, -0.25) is 10.1 Å². The SMILES string of the molecule is COc1cc2cc(c1Cl)N(C)C(=O)C[C@@H](O)[C@]1(C)OC1[C@H](C)[C@@H]1C[C@@](O)(NC(=O)O1)[C@H](OC)/C=C/C=C(\C)C2. The Morgan fingerprint density at radius 2 is 1.97 bits per heavy atom.